The van der Waals surface area contributed by atoms with Gasteiger partial charge < -0.3 is 15.4 Å². The van der Waals surface area contributed by atoms with Crippen LogP contribution in [0.3, 0.4) is 0 Å². The smallest absolute Gasteiger partial charge is 0.213 e. The maximum Gasteiger partial charge on any atom is 0.213 e. The molecule has 1 saturated heterocycles. The fourth-order valence-electron chi connectivity index (χ4n) is 2.10. The molecule has 2 N–H and O–H groups in total. The third-order valence-electron chi connectivity index (χ3n) is 2.98. The second-order valence-corrected chi connectivity index (χ2v) is 4.34. The van der Waals surface area contributed by atoms with Gasteiger partial charge >= 0.3 is 0 Å². The van der Waals surface area contributed by atoms with Gasteiger partial charge in [-0.3, -0.25) is 0 Å². The molecule has 1 aromatic rings. The van der Waals surface area contributed by atoms with Crippen molar-refractivity contribution in [1.29, 1.82) is 0 Å². The van der Waals surface area contributed by atoms with Crippen LogP contribution in [0.4, 0.5) is 5.69 Å². The molecule has 1 aromatic heterocycles. The minimum Gasteiger partial charge on any atom is -0.478 e. The molecule has 0 amide bonds. The van der Waals surface area contributed by atoms with Crippen LogP contribution in [-0.2, 0) is 0 Å². The van der Waals surface area contributed by atoms with E-state index in [0.29, 0.717) is 18.5 Å². The fourth-order valence-corrected chi connectivity index (χ4v) is 2.10. The number of nitrogens with one attached hydrogen (secondary N) is 2. The summed E-state index contributed by atoms with van der Waals surface area (Å²) >= 11 is 0. The van der Waals surface area contributed by atoms with E-state index in [9.17, 15) is 0 Å². The molecule has 0 saturated carbocycles. The van der Waals surface area contributed by atoms with Crippen molar-refractivity contribution in [3.05, 3.63) is 18.3 Å². The number of aromatic nitrogens is 1. The molecule has 1 aliphatic rings. The molecule has 17 heavy (non-hydrogen) atoms. The van der Waals surface area contributed by atoms with Crippen LogP contribution < -0.4 is 15.4 Å². The second kappa shape index (κ2) is 6.45. The lowest BCUT2D eigenvalue weighted by molar-refractivity contribution is 0.327. The monoisotopic (exact) mass is 235 g/mol. The van der Waals surface area contributed by atoms with Gasteiger partial charge in [-0.15, -0.1) is 0 Å². The first-order valence-corrected chi connectivity index (χ1v) is 6.44. The van der Waals surface area contributed by atoms with E-state index in [0.717, 1.165) is 18.8 Å². The molecule has 2 rings (SSSR count). The van der Waals surface area contributed by atoms with Crippen LogP contribution in [0.1, 0.15) is 26.2 Å². The number of hydrogen-bond acceptors (Lipinski definition) is 4. The number of nitrogens with zero attached hydrogens (tertiary/aromatic N) is 1. The van der Waals surface area contributed by atoms with E-state index >= 15 is 0 Å². The number of anilines is 1. The van der Waals surface area contributed by atoms with Crippen molar-refractivity contribution in [3.8, 4) is 5.88 Å². The van der Waals surface area contributed by atoms with Crippen LogP contribution in [0.5, 0.6) is 5.88 Å². The van der Waals surface area contributed by atoms with Gasteiger partial charge in [0.2, 0.25) is 5.88 Å². The van der Waals surface area contributed by atoms with Gasteiger partial charge in [0.25, 0.3) is 0 Å². The first kappa shape index (κ1) is 12.2. The summed E-state index contributed by atoms with van der Waals surface area (Å²) in [7, 11) is 0. The summed E-state index contributed by atoms with van der Waals surface area (Å²) in [4.78, 5) is 4.26. The summed E-state index contributed by atoms with van der Waals surface area (Å²) in [6.07, 6.45) is 5.48. The van der Waals surface area contributed by atoms with E-state index in [4.69, 9.17) is 4.74 Å². The van der Waals surface area contributed by atoms with Crippen molar-refractivity contribution in [1.82, 2.24) is 10.3 Å². The Kier molecular flexibility index (Phi) is 4.62. The highest BCUT2D eigenvalue weighted by Gasteiger charge is 2.11. The van der Waals surface area contributed by atoms with Crippen LogP contribution in [0.2, 0.25) is 0 Å². The number of hydrogen-bond donors (Lipinski definition) is 2. The van der Waals surface area contributed by atoms with Crippen LogP contribution in [0, 0.1) is 0 Å². The minimum absolute atomic E-state index is 0.560. The van der Waals surface area contributed by atoms with Gasteiger partial charge in [0.15, 0.2) is 0 Å². The van der Waals surface area contributed by atoms with Crippen molar-refractivity contribution >= 4 is 5.69 Å². The lowest BCUT2D eigenvalue weighted by Gasteiger charge is -2.17. The van der Waals surface area contributed by atoms with Crippen molar-refractivity contribution in [2.45, 2.75) is 32.2 Å². The Labute approximate surface area is 103 Å². The van der Waals surface area contributed by atoms with Crippen LogP contribution in [0.15, 0.2) is 18.3 Å². The first-order chi connectivity index (χ1) is 8.38. The SMILES string of the molecule is CCOc1ccc(NC2CCCNCC2)cn1. The van der Waals surface area contributed by atoms with E-state index in [1.54, 1.807) is 0 Å². The fraction of sp³-hybridized carbons (Fsp3) is 0.615. The molecule has 1 atom stereocenters. The molecular formula is C13H21N3O. The Balaban J connectivity index is 1.88. The average Bonchev–Trinajstić information content (AvgIpc) is 2.61. The van der Waals surface area contributed by atoms with E-state index < -0.39 is 0 Å². The summed E-state index contributed by atoms with van der Waals surface area (Å²) in [6.45, 7) is 4.86. The molecule has 2 heterocycles. The summed E-state index contributed by atoms with van der Waals surface area (Å²) in [5.41, 5.74) is 1.08. The Morgan fingerprint density at radius 2 is 2.35 bits per heavy atom. The zero-order chi connectivity index (χ0) is 11.9. The molecule has 0 spiro atoms. The molecule has 1 fully saturated rings. The number of rotatable bonds is 4. The van der Waals surface area contributed by atoms with Gasteiger partial charge in [0, 0.05) is 12.1 Å². The van der Waals surface area contributed by atoms with Crippen LogP contribution in [0.25, 0.3) is 0 Å². The standard InChI is InChI=1S/C13H21N3O/c1-2-17-13-6-5-12(10-15-13)16-11-4-3-8-14-9-7-11/h5-6,10-11,14,16H,2-4,7-9H2,1H3. The largest absolute Gasteiger partial charge is 0.478 e. The summed E-state index contributed by atoms with van der Waals surface area (Å²) < 4.78 is 5.32. The number of pyridine rings is 1. The Morgan fingerprint density at radius 1 is 1.41 bits per heavy atom. The maximum absolute atomic E-state index is 5.32. The topological polar surface area (TPSA) is 46.2 Å². The third kappa shape index (κ3) is 3.89. The van der Waals surface area contributed by atoms with Crippen LogP contribution >= 0.6 is 0 Å². The van der Waals surface area contributed by atoms with Crippen molar-refractivity contribution in [2.24, 2.45) is 0 Å². The molecule has 94 valence electrons. The average molecular weight is 235 g/mol. The van der Waals surface area contributed by atoms with Gasteiger partial charge in [-0.2, -0.15) is 0 Å². The van der Waals surface area contributed by atoms with E-state index in [-0.39, 0.29) is 0 Å². The molecule has 4 heteroatoms. The third-order valence-corrected chi connectivity index (χ3v) is 2.98. The molecule has 1 unspecified atom stereocenters. The van der Waals surface area contributed by atoms with Crippen molar-refractivity contribution in [3.63, 3.8) is 0 Å². The molecule has 0 radical (unpaired) electrons. The zero-order valence-corrected chi connectivity index (χ0v) is 10.4. The summed E-state index contributed by atoms with van der Waals surface area (Å²) in [6, 6.07) is 4.52. The first-order valence-electron chi connectivity index (χ1n) is 6.44. The van der Waals surface area contributed by atoms with Gasteiger partial charge in [-0.25, -0.2) is 4.98 Å². The van der Waals surface area contributed by atoms with Crippen molar-refractivity contribution < 1.29 is 4.74 Å². The van der Waals surface area contributed by atoms with E-state index in [1.807, 2.05) is 25.3 Å². The molecule has 0 aliphatic carbocycles. The maximum atomic E-state index is 5.32. The highest BCUT2D eigenvalue weighted by atomic mass is 16.5. The highest BCUT2D eigenvalue weighted by Crippen LogP contribution is 2.16. The van der Waals surface area contributed by atoms with Crippen LogP contribution in [-0.4, -0.2) is 30.7 Å². The van der Waals surface area contributed by atoms with Crippen molar-refractivity contribution in [2.75, 3.05) is 25.0 Å². The predicted octanol–water partition coefficient (Wildman–Crippen LogP) is 2.03. The molecule has 0 aromatic carbocycles. The van der Waals surface area contributed by atoms with Gasteiger partial charge in [0.05, 0.1) is 18.5 Å². The zero-order valence-electron chi connectivity index (χ0n) is 10.4. The lowest BCUT2D eigenvalue weighted by atomic mass is 10.1. The normalized spacial score (nSPS) is 20.6. The van der Waals surface area contributed by atoms with Gasteiger partial charge in [0.1, 0.15) is 0 Å². The lowest BCUT2D eigenvalue weighted by Crippen LogP contribution is -2.21. The van der Waals surface area contributed by atoms with E-state index in [1.165, 1.54) is 19.3 Å². The predicted molar refractivity (Wildman–Crippen MR) is 69.5 cm³/mol. The highest BCUT2D eigenvalue weighted by molar-refractivity contribution is 5.43. The Morgan fingerprint density at radius 3 is 3.12 bits per heavy atom. The Bertz CT molecular complexity index is 318. The number of ether oxygens (including phenoxy) is 1. The van der Waals surface area contributed by atoms with Gasteiger partial charge in [-0.05, 0) is 45.3 Å². The van der Waals surface area contributed by atoms with Gasteiger partial charge in [-0.1, -0.05) is 0 Å². The minimum atomic E-state index is 0.560. The molecule has 4 nitrogen and oxygen atoms in total. The summed E-state index contributed by atoms with van der Waals surface area (Å²) in [5, 5.41) is 6.95. The quantitative estimate of drug-likeness (QED) is 0.838. The summed E-state index contributed by atoms with van der Waals surface area (Å²) in [5.74, 6) is 0.695. The molecule has 1 aliphatic heterocycles. The molecule has 0 bridgehead atoms. The Hall–Kier alpha value is -1.29. The second-order valence-electron chi connectivity index (χ2n) is 4.34. The van der Waals surface area contributed by atoms with E-state index in [2.05, 4.69) is 15.6 Å². The molecular weight excluding hydrogens is 214 g/mol.